The number of hydrogen-bond acceptors (Lipinski definition) is 3. The average Bonchev–Trinajstić information content (AvgIpc) is 2.48. The van der Waals surface area contributed by atoms with Crippen LogP contribution >= 0.6 is 0 Å². The van der Waals surface area contributed by atoms with Crippen LogP contribution in [-0.4, -0.2) is 11.1 Å². The molecule has 0 bridgehead atoms. The van der Waals surface area contributed by atoms with Crippen molar-refractivity contribution in [3.05, 3.63) is 69.9 Å². The zero-order valence-corrected chi connectivity index (χ0v) is 12.0. The highest BCUT2D eigenvalue weighted by atomic mass is 16.4. The van der Waals surface area contributed by atoms with E-state index < -0.39 is 5.97 Å². The molecule has 0 aliphatic heterocycles. The molecule has 1 N–H and O–H groups in total. The predicted octanol–water partition coefficient (Wildman–Crippen LogP) is 3.40. The molecule has 4 nitrogen and oxygen atoms in total. The zero-order valence-electron chi connectivity index (χ0n) is 12.0. The van der Waals surface area contributed by atoms with E-state index >= 15 is 0 Å². The monoisotopic (exact) mass is 294 g/mol. The third-order valence-corrected chi connectivity index (χ3v) is 3.48. The molecule has 0 saturated carbocycles. The van der Waals surface area contributed by atoms with Gasteiger partial charge in [0, 0.05) is 11.6 Å². The Bertz CT molecular complexity index is 905. The highest BCUT2D eigenvalue weighted by molar-refractivity contribution is 5.81. The van der Waals surface area contributed by atoms with Crippen molar-refractivity contribution in [2.75, 3.05) is 0 Å². The molecule has 2 aromatic carbocycles. The second-order valence-electron chi connectivity index (χ2n) is 5.24. The first kappa shape index (κ1) is 14.1. The van der Waals surface area contributed by atoms with E-state index in [0.29, 0.717) is 22.3 Å². The highest BCUT2D eigenvalue weighted by Crippen LogP contribution is 2.23. The van der Waals surface area contributed by atoms with Crippen LogP contribution in [0.2, 0.25) is 0 Å². The first-order chi connectivity index (χ1) is 10.5. The van der Waals surface area contributed by atoms with E-state index in [0.717, 1.165) is 11.1 Å². The SMILES string of the molecule is Cc1ccc(-c2cc(=O)c3cc(CC(=O)O)ccc3o2)cc1. The summed E-state index contributed by atoms with van der Waals surface area (Å²) >= 11 is 0. The van der Waals surface area contributed by atoms with Gasteiger partial charge in [-0.05, 0) is 24.6 Å². The lowest BCUT2D eigenvalue weighted by atomic mass is 10.1. The van der Waals surface area contributed by atoms with Crippen molar-refractivity contribution in [3.8, 4) is 11.3 Å². The van der Waals surface area contributed by atoms with E-state index in [9.17, 15) is 9.59 Å². The van der Waals surface area contributed by atoms with Crippen LogP contribution in [0.5, 0.6) is 0 Å². The molecule has 0 aliphatic rings. The van der Waals surface area contributed by atoms with Crippen LogP contribution in [0.25, 0.3) is 22.3 Å². The number of hydrogen-bond donors (Lipinski definition) is 1. The lowest BCUT2D eigenvalue weighted by Gasteiger charge is -2.05. The summed E-state index contributed by atoms with van der Waals surface area (Å²) in [5, 5.41) is 9.22. The summed E-state index contributed by atoms with van der Waals surface area (Å²) in [5.74, 6) is -0.427. The maximum atomic E-state index is 12.3. The maximum Gasteiger partial charge on any atom is 0.307 e. The number of fused-ring (bicyclic) bond motifs is 1. The summed E-state index contributed by atoms with van der Waals surface area (Å²) < 4.78 is 5.78. The number of carboxylic acid groups (broad SMARTS) is 1. The molecule has 0 unspecified atom stereocenters. The maximum absolute atomic E-state index is 12.3. The van der Waals surface area contributed by atoms with Crippen molar-refractivity contribution >= 4 is 16.9 Å². The normalized spacial score (nSPS) is 10.8. The molecule has 0 fully saturated rings. The molecular weight excluding hydrogens is 280 g/mol. The Hall–Kier alpha value is -2.88. The van der Waals surface area contributed by atoms with E-state index in [4.69, 9.17) is 9.52 Å². The van der Waals surface area contributed by atoms with Gasteiger partial charge in [0.15, 0.2) is 5.43 Å². The van der Waals surface area contributed by atoms with E-state index in [2.05, 4.69) is 0 Å². The topological polar surface area (TPSA) is 67.5 Å². The van der Waals surface area contributed by atoms with Crippen LogP contribution in [0.4, 0.5) is 0 Å². The van der Waals surface area contributed by atoms with Gasteiger partial charge in [-0.3, -0.25) is 9.59 Å². The van der Waals surface area contributed by atoms with Gasteiger partial charge >= 0.3 is 5.97 Å². The summed E-state index contributed by atoms with van der Waals surface area (Å²) in [6.45, 7) is 1.99. The number of carboxylic acids is 1. The number of carbonyl (C=O) groups is 1. The van der Waals surface area contributed by atoms with E-state index in [-0.39, 0.29) is 11.8 Å². The molecule has 0 aliphatic carbocycles. The number of rotatable bonds is 3. The van der Waals surface area contributed by atoms with Crippen molar-refractivity contribution in [2.45, 2.75) is 13.3 Å². The minimum atomic E-state index is -0.931. The first-order valence-corrected chi connectivity index (χ1v) is 6.88. The minimum absolute atomic E-state index is 0.116. The molecule has 1 heterocycles. The summed E-state index contributed by atoms with van der Waals surface area (Å²) in [7, 11) is 0. The zero-order chi connectivity index (χ0) is 15.7. The molecule has 3 aromatic rings. The Morgan fingerprint density at radius 3 is 2.50 bits per heavy atom. The molecule has 0 spiro atoms. The number of aliphatic carboxylic acids is 1. The highest BCUT2D eigenvalue weighted by Gasteiger charge is 2.09. The van der Waals surface area contributed by atoms with Crippen molar-refractivity contribution in [1.29, 1.82) is 0 Å². The number of aryl methyl sites for hydroxylation is 1. The van der Waals surface area contributed by atoms with Crippen LogP contribution in [0.15, 0.2) is 57.7 Å². The molecule has 0 amide bonds. The number of benzene rings is 2. The second-order valence-corrected chi connectivity index (χ2v) is 5.24. The van der Waals surface area contributed by atoms with Crippen LogP contribution in [0.1, 0.15) is 11.1 Å². The van der Waals surface area contributed by atoms with Crippen molar-refractivity contribution < 1.29 is 14.3 Å². The quantitative estimate of drug-likeness (QED) is 0.804. The van der Waals surface area contributed by atoms with Gasteiger partial charge in [-0.15, -0.1) is 0 Å². The van der Waals surface area contributed by atoms with Crippen LogP contribution in [-0.2, 0) is 11.2 Å². The van der Waals surface area contributed by atoms with E-state index in [1.165, 1.54) is 6.07 Å². The van der Waals surface area contributed by atoms with Gasteiger partial charge in [0.2, 0.25) is 0 Å². The Labute approximate surface area is 126 Å². The Kier molecular flexibility index (Phi) is 3.51. The standard InChI is InChI=1S/C18H14O4/c1-11-2-5-13(6-3-11)17-10-15(19)14-8-12(9-18(20)21)4-7-16(14)22-17/h2-8,10H,9H2,1H3,(H,20,21). The molecule has 1 aromatic heterocycles. The van der Waals surface area contributed by atoms with Crippen LogP contribution < -0.4 is 5.43 Å². The van der Waals surface area contributed by atoms with Gasteiger partial charge in [-0.1, -0.05) is 35.9 Å². The predicted molar refractivity (Wildman–Crippen MR) is 84.0 cm³/mol. The van der Waals surface area contributed by atoms with Crippen LogP contribution in [0, 0.1) is 6.92 Å². The third kappa shape index (κ3) is 2.76. The largest absolute Gasteiger partial charge is 0.481 e. The van der Waals surface area contributed by atoms with Gasteiger partial charge in [0.05, 0.1) is 11.8 Å². The van der Waals surface area contributed by atoms with Gasteiger partial charge in [-0.25, -0.2) is 0 Å². The van der Waals surface area contributed by atoms with Crippen molar-refractivity contribution in [3.63, 3.8) is 0 Å². The van der Waals surface area contributed by atoms with E-state index in [1.54, 1.807) is 18.2 Å². The lowest BCUT2D eigenvalue weighted by Crippen LogP contribution is -2.04. The van der Waals surface area contributed by atoms with Gasteiger partial charge in [0.25, 0.3) is 0 Å². The fourth-order valence-corrected chi connectivity index (χ4v) is 2.35. The molecule has 22 heavy (non-hydrogen) atoms. The molecule has 0 saturated heterocycles. The molecule has 110 valence electrons. The molecular formula is C18H14O4. The molecule has 3 rings (SSSR count). The average molecular weight is 294 g/mol. The van der Waals surface area contributed by atoms with Crippen LogP contribution in [0.3, 0.4) is 0 Å². The first-order valence-electron chi connectivity index (χ1n) is 6.88. The fraction of sp³-hybridized carbons (Fsp3) is 0.111. The molecule has 4 heteroatoms. The third-order valence-electron chi connectivity index (χ3n) is 3.48. The molecule has 0 radical (unpaired) electrons. The van der Waals surface area contributed by atoms with Gasteiger partial charge in [0.1, 0.15) is 11.3 Å². The fourth-order valence-electron chi connectivity index (χ4n) is 2.35. The van der Waals surface area contributed by atoms with Crippen molar-refractivity contribution in [2.24, 2.45) is 0 Å². The summed E-state index contributed by atoms with van der Waals surface area (Å²) in [5.41, 5.74) is 2.82. The van der Waals surface area contributed by atoms with Crippen molar-refractivity contribution in [1.82, 2.24) is 0 Å². The Morgan fingerprint density at radius 2 is 1.82 bits per heavy atom. The van der Waals surface area contributed by atoms with Gasteiger partial charge in [-0.2, -0.15) is 0 Å². The second kappa shape index (κ2) is 5.48. The lowest BCUT2D eigenvalue weighted by molar-refractivity contribution is -0.136. The summed E-state index contributed by atoms with van der Waals surface area (Å²) in [6, 6.07) is 14.0. The molecule has 0 atom stereocenters. The van der Waals surface area contributed by atoms with Gasteiger partial charge < -0.3 is 9.52 Å². The Morgan fingerprint density at radius 1 is 1.09 bits per heavy atom. The Balaban J connectivity index is 2.11. The minimum Gasteiger partial charge on any atom is -0.481 e. The van der Waals surface area contributed by atoms with E-state index in [1.807, 2.05) is 31.2 Å². The summed E-state index contributed by atoms with van der Waals surface area (Å²) in [4.78, 5) is 23.0. The smallest absolute Gasteiger partial charge is 0.307 e. The summed E-state index contributed by atoms with van der Waals surface area (Å²) in [6.07, 6.45) is -0.116.